The smallest absolute Gasteiger partial charge is 0.336 e. The lowest BCUT2D eigenvalue weighted by atomic mass is 9.99. The van der Waals surface area contributed by atoms with Gasteiger partial charge in [0.05, 0.1) is 5.56 Å². The van der Waals surface area contributed by atoms with Crippen LogP contribution in [0.3, 0.4) is 0 Å². The molecule has 1 aliphatic rings. The Bertz CT molecular complexity index is 1290. The molecule has 1 saturated heterocycles. The minimum atomic E-state index is -0.919. The molecule has 1 aliphatic heterocycles. The molecule has 0 atom stereocenters. The third-order valence-electron chi connectivity index (χ3n) is 6.47. The number of nitrogens with zero attached hydrogens (tertiary/aromatic N) is 3. The molecule has 2 aromatic heterocycles. The van der Waals surface area contributed by atoms with Gasteiger partial charge in [0.1, 0.15) is 0 Å². The largest absolute Gasteiger partial charge is 0.478 e. The summed E-state index contributed by atoms with van der Waals surface area (Å²) in [5.74, 6) is -0.919. The highest BCUT2D eigenvalue weighted by Crippen LogP contribution is 2.35. The number of likely N-dealkylation sites (tertiary alicyclic amines) is 1. The van der Waals surface area contributed by atoms with Crippen LogP contribution in [-0.4, -0.2) is 45.2 Å². The number of aromatic carboxylic acids is 1. The normalized spacial score (nSPS) is 14.6. The number of pyridine rings is 1. The van der Waals surface area contributed by atoms with E-state index >= 15 is 0 Å². The van der Waals surface area contributed by atoms with Gasteiger partial charge in [0, 0.05) is 64.3 Å². The van der Waals surface area contributed by atoms with Crippen molar-refractivity contribution < 1.29 is 9.90 Å². The molecule has 4 aromatic rings. The third kappa shape index (κ3) is 4.52. The second kappa shape index (κ2) is 9.38. The molecular formula is C27H26ClN3O2. The molecular weight excluding hydrogens is 434 g/mol. The van der Waals surface area contributed by atoms with Crippen LogP contribution < -0.4 is 0 Å². The minimum absolute atomic E-state index is 0.316. The molecule has 3 heterocycles. The molecule has 5 nitrogen and oxygen atoms in total. The molecule has 0 saturated carbocycles. The molecule has 0 aliphatic carbocycles. The molecule has 0 unspecified atom stereocenters. The van der Waals surface area contributed by atoms with Gasteiger partial charge in [-0.15, -0.1) is 0 Å². The molecule has 6 heteroatoms. The first-order chi connectivity index (χ1) is 16.1. The lowest BCUT2D eigenvalue weighted by molar-refractivity contribution is 0.0699. The number of hydrogen-bond donors (Lipinski definition) is 1. The maximum Gasteiger partial charge on any atom is 0.336 e. The summed E-state index contributed by atoms with van der Waals surface area (Å²) in [6.45, 7) is 4.06. The maximum atomic E-state index is 12.1. The Labute approximate surface area is 198 Å². The second-order valence-electron chi connectivity index (χ2n) is 8.61. The van der Waals surface area contributed by atoms with E-state index < -0.39 is 5.97 Å². The Morgan fingerprint density at radius 1 is 0.939 bits per heavy atom. The zero-order chi connectivity index (χ0) is 22.8. The van der Waals surface area contributed by atoms with Gasteiger partial charge in [-0.1, -0.05) is 36.2 Å². The number of benzene rings is 2. The van der Waals surface area contributed by atoms with Gasteiger partial charge in [0.15, 0.2) is 0 Å². The van der Waals surface area contributed by atoms with E-state index in [-0.39, 0.29) is 0 Å². The van der Waals surface area contributed by atoms with Crippen LogP contribution in [0.5, 0.6) is 0 Å². The Morgan fingerprint density at radius 3 is 2.45 bits per heavy atom. The first-order valence-corrected chi connectivity index (χ1v) is 11.8. The van der Waals surface area contributed by atoms with E-state index in [4.69, 9.17) is 11.6 Å². The summed E-state index contributed by atoms with van der Waals surface area (Å²) in [5, 5.41) is 11.4. The van der Waals surface area contributed by atoms with Crippen molar-refractivity contribution >= 4 is 28.5 Å². The van der Waals surface area contributed by atoms with E-state index in [1.165, 1.54) is 19.3 Å². The third-order valence-corrected chi connectivity index (χ3v) is 6.72. The quantitative estimate of drug-likeness (QED) is 0.372. The van der Waals surface area contributed by atoms with E-state index in [0.29, 0.717) is 10.6 Å². The van der Waals surface area contributed by atoms with Crippen LogP contribution >= 0.6 is 11.6 Å². The van der Waals surface area contributed by atoms with Crippen LogP contribution in [-0.2, 0) is 6.54 Å². The zero-order valence-corrected chi connectivity index (χ0v) is 19.1. The topological polar surface area (TPSA) is 58.4 Å². The fourth-order valence-electron chi connectivity index (χ4n) is 4.75. The van der Waals surface area contributed by atoms with Crippen molar-refractivity contribution in [2.24, 2.45) is 0 Å². The molecule has 33 heavy (non-hydrogen) atoms. The minimum Gasteiger partial charge on any atom is -0.478 e. The van der Waals surface area contributed by atoms with Crippen LogP contribution in [0.15, 0.2) is 67.1 Å². The van der Waals surface area contributed by atoms with Crippen molar-refractivity contribution in [1.29, 1.82) is 0 Å². The number of carbonyl (C=O) groups is 1. The van der Waals surface area contributed by atoms with Crippen molar-refractivity contribution in [2.45, 2.75) is 25.8 Å². The highest BCUT2D eigenvalue weighted by atomic mass is 35.5. The molecule has 168 valence electrons. The first-order valence-electron chi connectivity index (χ1n) is 11.4. The number of carboxylic acids is 1. The van der Waals surface area contributed by atoms with Gasteiger partial charge in [-0.05, 0) is 61.8 Å². The van der Waals surface area contributed by atoms with Gasteiger partial charge in [-0.3, -0.25) is 4.98 Å². The summed E-state index contributed by atoms with van der Waals surface area (Å²) < 4.78 is 2.20. The van der Waals surface area contributed by atoms with Gasteiger partial charge in [-0.25, -0.2) is 4.79 Å². The summed E-state index contributed by atoms with van der Waals surface area (Å²) in [4.78, 5) is 19.1. The zero-order valence-electron chi connectivity index (χ0n) is 18.4. The Balaban J connectivity index is 1.58. The summed E-state index contributed by atoms with van der Waals surface area (Å²) in [7, 11) is 0. The predicted octanol–water partition coefficient (Wildman–Crippen LogP) is 6.21. The summed E-state index contributed by atoms with van der Waals surface area (Å²) in [6, 6.07) is 15.2. The molecule has 2 aromatic carbocycles. The number of hydrogen-bond acceptors (Lipinski definition) is 3. The summed E-state index contributed by atoms with van der Waals surface area (Å²) >= 11 is 6.05. The van der Waals surface area contributed by atoms with E-state index in [1.807, 2.05) is 48.8 Å². The lowest BCUT2D eigenvalue weighted by Gasteiger charge is -2.26. The fraction of sp³-hybridized carbons (Fsp3) is 0.259. The van der Waals surface area contributed by atoms with Gasteiger partial charge >= 0.3 is 5.97 Å². The van der Waals surface area contributed by atoms with Gasteiger partial charge < -0.3 is 14.6 Å². The maximum absolute atomic E-state index is 12.1. The number of aromatic nitrogens is 2. The summed E-state index contributed by atoms with van der Waals surface area (Å²) in [5.41, 5.74) is 5.03. The molecule has 1 N–H and O–H groups in total. The van der Waals surface area contributed by atoms with E-state index in [1.54, 1.807) is 6.07 Å². The molecule has 0 radical (unpaired) electrons. The Hall–Kier alpha value is -3.15. The fourth-order valence-corrected chi connectivity index (χ4v) is 4.88. The molecule has 0 bridgehead atoms. The Morgan fingerprint density at radius 2 is 1.70 bits per heavy atom. The van der Waals surface area contributed by atoms with Gasteiger partial charge in [-0.2, -0.15) is 0 Å². The van der Waals surface area contributed by atoms with Crippen LogP contribution in [0.1, 0.15) is 29.6 Å². The van der Waals surface area contributed by atoms with Crippen LogP contribution in [0, 0.1) is 0 Å². The standard InChI is InChI=1S/C27H26ClN3O2/c28-22-9-7-19(8-10-22)20-15-21(17-29-16-20)24-18-31(14-13-30-11-2-1-3-12-30)25-6-4-5-23(26(24)25)27(32)33/h4-10,15-18H,1-3,11-14H2,(H,32,33). The number of carboxylic acid groups (broad SMARTS) is 1. The monoisotopic (exact) mass is 459 g/mol. The molecule has 0 amide bonds. The number of halogens is 1. The number of fused-ring (bicyclic) bond motifs is 1. The molecule has 5 rings (SSSR count). The molecule has 1 fully saturated rings. The summed E-state index contributed by atoms with van der Waals surface area (Å²) in [6.07, 6.45) is 9.53. The first kappa shape index (κ1) is 21.7. The van der Waals surface area contributed by atoms with Crippen molar-refractivity contribution in [3.05, 3.63) is 77.7 Å². The highest BCUT2D eigenvalue weighted by molar-refractivity contribution is 6.30. The molecule has 0 spiro atoms. The average Bonchev–Trinajstić information content (AvgIpc) is 3.23. The van der Waals surface area contributed by atoms with Crippen molar-refractivity contribution in [2.75, 3.05) is 19.6 Å². The predicted molar refractivity (Wildman–Crippen MR) is 133 cm³/mol. The van der Waals surface area contributed by atoms with E-state index in [2.05, 4.69) is 26.7 Å². The van der Waals surface area contributed by atoms with Crippen molar-refractivity contribution in [3.63, 3.8) is 0 Å². The van der Waals surface area contributed by atoms with Gasteiger partial charge in [0.2, 0.25) is 0 Å². The van der Waals surface area contributed by atoms with Crippen LogP contribution in [0.2, 0.25) is 5.02 Å². The van der Waals surface area contributed by atoms with E-state index in [0.717, 1.165) is 59.3 Å². The van der Waals surface area contributed by atoms with E-state index in [9.17, 15) is 9.90 Å². The van der Waals surface area contributed by atoms with Crippen molar-refractivity contribution in [3.8, 4) is 22.3 Å². The van der Waals surface area contributed by atoms with Crippen LogP contribution in [0.4, 0.5) is 0 Å². The number of rotatable bonds is 6. The lowest BCUT2D eigenvalue weighted by Crippen LogP contribution is -2.32. The highest BCUT2D eigenvalue weighted by Gasteiger charge is 2.19. The number of piperidine rings is 1. The van der Waals surface area contributed by atoms with Gasteiger partial charge in [0.25, 0.3) is 0 Å². The average molecular weight is 460 g/mol. The SMILES string of the molecule is O=C(O)c1cccc2c1c(-c1cncc(-c3ccc(Cl)cc3)c1)cn2CCN1CCCCC1. The Kier molecular flexibility index (Phi) is 6.16. The second-order valence-corrected chi connectivity index (χ2v) is 9.05. The van der Waals surface area contributed by atoms with Crippen LogP contribution in [0.25, 0.3) is 33.2 Å². The van der Waals surface area contributed by atoms with Crippen molar-refractivity contribution in [1.82, 2.24) is 14.5 Å².